The van der Waals surface area contributed by atoms with Crippen molar-refractivity contribution < 1.29 is 4.79 Å². The monoisotopic (exact) mass is 273 g/mol. The van der Waals surface area contributed by atoms with E-state index < -0.39 is 0 Å². The average molecular weight is 273 g/mol. The van der Waals surface area contributed by atoms with Crippen LogP contribution in [-0.2, 0) is 13.5 Å². The summed E-state index contributed by atoms with van der Waals surface area (Å²) in [5.74, 6) is -0.127. The van der Waals surface area contributed by atoms with Gasteiger partial charge in [-0.15, -0.1) is 0 Å². The summed E-state index contributed by atoms with van der Waals surface area (Å²) in [5.41, 5.74) is 8.89. The van der Waals surface area contributed by atoms with E-state index in [2.05, 4.69) is 15.7 Å². The third-order valence-electron chi connectivity index (χ3n) is 3.01. The number of anilines is 2. The first-order valence-corrected chi connectivity index (χ1v) is 6.44. The summed E-state index contributed by atoms with van der Waals surface area (Å²) in [4.78, 5) is 11.6. The SMILES string of the molecule is CNC(=O)c1ccc(N)c(NCCc2ccn(C)n2)c1. The fourth-order valence-corrected chi connectivity index (χ4v) is 1.92. The number of nitrogens with zero attached hydrogens (tertiary/aromatic N) is 2. The molecule has 20 heavy (non-hydrogen) atoms. The van der Waals surface area contributed by atoms with E-state index in [0.29, 0.717) is 17.8 Å². The quantitative estimate of drug-likeness (QED) is 0.710. The molecular weight excluding hydrogens is 254 g/mol. The van der Waals surface area contributed by atoms with E-state index >= 15 is 0 Å². The number of carbonyl (C=O) groups is 1. The molecule has 0 atom stereocenters. The second kappa shape index (κ2) is 6.10. The molecule has 0 spiro atoms. The van der Waals surface area contributed by atoms with Gasteiger partial charge in [0.1, 0.15) is 0 Å². The fraction of sp³-hybridized carbons (Fsp3) is 0.286. The minimum Gasteiger partial charge on any atom is -0.397 e. The van der Waals surface area contributed by atoms with Crippen LogP contribution in [0.5, 0.6) is 0 Å². The number of hydrogen-bond donors (Lipinski definition) is 3. The Morgan fingerprint density at radius 2 is 2.20 bits per heavy atom. The summed E-state index contributed by atoms with van der Waals surface area (Å²) >= 11 is 0. The highest BCUT2D eigenvalue weighted by Gasteiger charge is 2.06. The molecule has 2 rings (SSSR count). The van der Waals surface area contributed by atoms with Crippen molar-refractivity contribution in [2.75, 3.05) is 24.6 Å². The summed E-state index contributed by atoms with van der Waals surface area (Å²) in [6, 6.07) is 7.17. The molecule has 0 aliphatic rings. The Hall–Kier alpha value is -2.50. The van der Waals surface area contributed by atoms with Crippen LogP contribution in [0.25, 0.3) is 0 Å². The lowest BCUT2D eigenvalue weighted by Crippen LogP contribution is -2.18. The summed E-state index contributed by atoms with van der Waals surface area (Å²) in [5, 5.41) is 10.1. The first-order chi connectivity index (χ1) is 9.60. The van der Waals surface area contributed by atoms with Gasteiger partial charge in [-0.3, -0.25) is 9.48 Å². The normalized spacial score (nSPS) is 10.3. The molecule has 0 aliphatic heterocycles. The number of nitrogens with two attached hydrogens (primary N) is 1. The maximum atomic E-state index is 11.6. The molecule has 1 heterocycles. The second-order valence-corrected chi connectivity index (χ2v) is 4.54. The molecule has 1 aromatic heterocycles. The largest absolute Gasteiger partial charge is 0.397 e. The second-order valence-electron chi connectivity index (χ2n) is 4.54. The van der Waals surface area contributed by atoms with Crippen LogP contribution in [-0.4, -0.2) is 29.3 Å². The molecule has 0 aliphatic carbocycles. The van der Waals surface area contributed by atoms with Gasteiger partial charge in [0.2, 0.25) is 0 Å². The molecule has 1 amide bonds. The van der Waals surface area contributed by atoms with Crippen molar-refractivity contribution in [1.29, 1.82) is 0 Å². The average Bonchev–Trinajstić information content (AvgIpc) is 2.85. The van der Waals surface area contributed by atoms with Gasteiger partial charge in [-0.1, -0.05) is 0 Å². The predicted molar refractivity (Wildman–Crippen MR) is 79.6 cm³/mol. The van der Waals surface area contributed by atoms with Gasteiger partial charge >= 0.3 is 0 Å². The van der Waals surface area contributed by atoms with Crippen molar-refractivity contribution in [1.82, 2.24) is 15.1 Å². The minimum atomic E-state index is -0.127. The molecule has 0 unspecified atom stereocenters. The molecule has 0 saturated heterocycles. The van der Waals surface area contributed by atoms with E-state index in [0.717, 1.165) is 17.8 Å². The van der Waals surface area contributed by atoms with Gasteiger partial charge in [0.25, 0.3) is 5.91 Å². The lowest BCUT2D eigenvalue weighted by Gasteiger charge is -2.10. The molecule has 6 nitrogen and oxygen atoms in total. The number of nitrogens with one attached hydrogen (secondary N) is 2. The van der Waals surface area contributed by atoms with Crippen molar-refractivity contribution in [3.05, 3.63) is 41.7 Å². The molecule has 0 saturated carbocycles. The summed E-state index contributed by atoms with van der Waals surface area (Å²) in [7, 11) is 3.49. The number of nitrogen functional groups attached to an aromatic ring is 1. The van der Waals surface area contributed by atoms with Crippen molar-refractivity contribution in [2.45, 2.75) is 6.42 Å². The van der Waals surface area contributed by atoms with Crippen LogP contribution in [0.1, 0.15) is 16.1 Å². The Balaban J connectivity index is 1.99. The molecular formula is C14H19N5O. The Labute approximate surface area is 118 Å². The number of carbonyl (C=O) groups excluding carboxylic acids is 1. The van der Waals surface area contributed by atoms with Crippen molar-refractivity contribution in [3.63, 3.8) is 0 Å². The molecule has 4 N–H and O–H groups in total. The van der Waals surface area contributed by atoms with E-state index in [1.807, 2.05) is 19.3 Å². The third kappa shape index (κ3) is 3.28. The highest BCUT2D eigenvalue weighted by molar-refractivity contribution is 5.96. The zero-order valence-electron chi connectivity index (χ0n) is 11.7. The molecule has 6 heteroatoms. The number of aryl methyl sites for hydroxylation is 1. The number of hydrogen-bond acceptors (Lipinski definition) is 4. The maximum absolute atomic E-state index is 11.6. The summed E-state index contributed by atoms with van der Waals surface area (Å²) in [6.07, 6.45) is 2.71. The van der Waals surface area contributed by atoms with E-state index in [4.69, 9.17) is 5.73 Å². The van der Waals surface area contributed by atoms with Crippen molar-refractivity contribution in [2.24, 2.45) is 7.05 Å². The van der Waals surface area contributed by atoms with Gasteiger partial charge in [0.15, 0.2) is 0 Å². The Morgan fingerprint density at radius 3 is 2.85 bits per heavy atom. The Kier molecular flexibility index (Phi) is 4.24. The molecule has 0 bridgehead atoms. The van der Waals surface area contributed by atoms with Gasteiger partial charge in [-0.05, 0) is 24.3 Å². The number of benzene rings is 1. The highest BCUT2D eigenvalue weighted by Crippen LogP contribution is 2.20. The van der Waals surface area contributed by atoms with Crippen LogP contribution < -0.4 is 16.4 Å². The van der Waals surface area contributed by atoms with E-state index in [1.54, 1.807) is 29.9 Å². The van der Waals surface area contributed by atoms with Gasteiger partial charge in [-0.25, -0.2) is 0 Å². The first-order valence-electron chi connectivity index (χ1n) is 6.44. The number of amides is 1. The number of rotatable bonds is 5. The smallest absolute Gasteiger partial charge is 0.251 e. The third-order valence-corrected chi connectivity index (χ3v) is 3.01. The fourth-order valence-electron chi connectivity index (χ4n) is 1.92. The van der Waals surface area contributed by atoms with Crippen LogP contribution in [0, 0.1) is 0 Å². The van der Waals surface area contributed by atoms with Crippen LogP contribution in [0.2, 0.25) is 0 Å². The van der Waals surface area contributed by atoms with Crippen LogP contribution in [0.4, 0.5) is 11.4 Å². The van der Waals surface area contributed by atoms with Gasteiger partial charge in [0.05, 0.1) is 17.1 Å². The number of aromatic nitrogens is 2. The van der Waals surface area contributed by atoms with E-state index in [-0.39, 0.29) is 5.91 Å². The summed E-state index contributed by atoms with van der Waals surface area (Å²) in [6.45, 7) is 0.707. The van der Waals surface area contributed by atoms with E-state index in [9.17, 15) is 4.79 Å². The molecule has 2 aromatic rings. The van der Waals surface area contributed by atoms with Gasteiger partial charge < -0.3 is 16.4 Å². The zero-order chi connectivity index (χ0) is 14.5. The van der Waals surface area contributed by atoms with Gasteiger partial charge in [0, 0.05) is 38.8 Å². The lowest BCUT2D eigenvalue weighted by molar-refractivity contribution is 0.0963. The zero-order valence-corrected chi connectivity index (χ0v) is 11.7. The van der Waals surface area contributed by atoms with Crippen molar-refractivity contribution >= 4 is 17.3 Å². The van der Waals surface area contributed by atoms with Crippen LogP contribution >= 0.6 is 0 Å². The maximum Gasteiger partial charge on any atom is 0.251 e. The van der Waals surface area contributed by atoms with Crippen LogP contribution in [0.15, 0.2) is 30.5 Å². The van der Waals surface area contributed by atoms with Crippen molar-refractivity contribution in [3.8, 4) is 0 Å². The topological polar surface area (TPSA) is 85.0 Å². The van der Waals surface area contributed by atoms with Crippen LogP contribution in [0.3, 0.4) is 0 Å². The lowest BCUT2D eigenvalue weighted by atomic mass is 10.1. The van der Waals surface area contributed by atoms with Gasteiger partial charge in [-0.2, -0.15) is 5.10 Å². The summed E-state index contributed by atoms with van der Waals surface area (Å²) < 4.78 is 1.77. The highest BCUT2D eigenvalue weighted by atomic mass is 16.1. The Bertz CT molecular complexity index is 605. The predicted octanol–water partition coefficient (Wildman–Crippen LogP) is 1.02. The van der Waals surface area contributed by atoms with E-state index in [1.165, 1.54) is 0 Å². The first kappa shape index (κ1) is 13.9. The Morgan fingerprint density at radius 1 is 1.40 bits per heavy atom. The molecule has 1 aromatic carbocycles. The molecule has 0 fully saturated rings. The molecule has 106 valence electrons. The minimum absolute atomic E-state index is 0.127. The standard InChI is InChI=1S/C14H19N5O/c1-16-14(20)10-3-4-12(15)13(9-10)17-7-5-11-6-8-19(2)18-11/h3-4,6,8-9,17H,5,7,15H2,1-2H3,(H,16,20). The molecule has 0 radical (unpaired) electrons.